The molecule has 0 atom stereocenters. The minimum Gasteiger partial charge on any atom is -0.489 e. The minimum absolute atomic E-state index is 0.161. The molecule has 144 valence electrons. The van der Waals surface area contributed by atoms with E-state index in [0.29, 0.717) is 10.8 Å². The van der Waals surface area contributed by atoms with Gasteiger partial charge in [-0.2, -0.15) is 13.2 Å². The Hall–Kier alpha value is -2.74. The van der Waals surface area contributed by atoms with Crippen LogP contribution in [-0.2, 0) is 16.1 Å². The van der Waals surface area contributed by atoms with Gasteiger partial charge in [-0.25, -0.2) is 4.79 Å². The van der Waals surface area contributed by atoms with Crippen molar-refractivity contribution in [1.29, 1.82) is 0 Å². The molecule has 0 aliphatic heterocycles. The third-order valence-corrected chi connectivity index (χ3v) is 3.48. The Kier molecular flexibility index (Phi) is 7.06. The molecule has 9 heteroatoms. The van der Waals surface area contributed by atoms with Crippen LogP contribution in [0.3, 0.4) is 0 Å². The molecule has 2 aromatic rings. The molecule has 0 heterocycles. The van der Waals surface area contributed by atoms with Gasteiger partial charge in [-0.15, -0.1) is 0 Å². The Morgan fingerprint density at radius 3 is 2.22 bits per heavy atom. The van der Waals surface area contributed by atoms with Crippen molar-refractivity contribution in [1.82, 2.24) is 5.32 Å². The first kappa shape index (κ1) is 20.6. The van der Waals surface area contributed by atoms with Gasteiger partial charge in [0.05, 0.1) is 5.56 Å². The summed E-state index contributed by atoms with van der Waals surface area (Å²) in [5.74, 6) is -1.22. The molecule has 5 nitrogen and oxygen atoms in total. The van der Waals surface area contributed by atoms with E-state index in [1.807, 2.05) is 0 Å². The quantitative estimate of drug-likeness (QED) is 0.718. The SMILES string of the molecule is O=C(COC(=O)c1ccc(COc2ccc(Cl)cc2)cc1)NCC(F)(F)F. The summed E-state index contributed by atoms with van der Waals surface area (Å²) < 4.78 is 46.1. The minimum atomic E-state index is -4.52. The molecule has 0 aromatic heterocycles. The monoisotopic (exact) mass is 401 g/mol. The van der Waals surface area contributed by atoms with Crippen LogP contribution in [0.25, 0.3) is 0 Å². The van der Waals surface area contributed by atoms with Gasteiger partial charge >= 0.3 is 12.1 Å². The van der Waals surface area contributed by atoms with Gasteiger partial charge < -0.3 is 14.8 Å². The topological polar surface area (TPSA) is 64.6 Å². The fourth-order valence-electron chi connectivity index (χ4n) is 1.90. The zero-order valence-corrected chi connectivity index (χ0v) is 14.6. The Balaban J connectivity index is 1.79. The smallest absolute Gasteiger partial charge is 0.405 e. The number of esters is 1. The number of carbonyl (C=O) groups excluding carboxylic acids is 2. The van der Waals surface area contributed by atoms with Crippen molar-refractivity contribution >= 4 is 23.5 Å². The summed E-state index contributed by atoms with van der Waals surface area (Å²) in [5.41, 5.74) is 0.943. The summed E-state index contributed by atoms with van der Waals surface area (Å²) in [4.78, 5) is 23.0. The van der Waals surface area contributed by atoms with Crippen LogP contribution in [0.1, 0.15) is 15.9 Å². The zero-order chi connectivity index (χ0) is 19.9. The van der Waals surface area contributed by atoms with E-state index in [2.05, 4.69) is 4.74 Å². The van der Waals surface area contributed by atoms with E-state index >= 15 is 0 Å². The van der Waals surface area contributed by atoms with Crippen molar-refractivity contribution in [2.75, 3.05) is 13.2 Å². The molecule has 0 bridgehead atoms. The van der Waals surface area contributed by atoms with Gasteiger partial charge in [0.1, 0.15) is 18.9 Å². The van der Waals surface area contributed by atoms with Gasteiger partial charge in [-0.3, -0.25) is 4.79 Å². The largest absolute Gasteiger partial charge is 0.489 e. The van der Waals surface area contributed by atoms with E-state index < -0.39 is 31.2 Å². The number of hydrogen-bond donors (Lipinski definition) is 1. The predicted molar refractivity (Wildman–Crippen MR) is 91.6 cm³/mol. The first-order valence-electron chi connectivity index (χ1n) is 7.71. The van der Waals surface area contributed by atoms with Crippen molar-refractivity contribution in [3.63, 3.8) is 0 Å². The zero-order valence-electron chi connectivity index (χ0n) is 13.9. The molecule has 1 N–H and O–H groups in total. The third-order valence-electron chi connectivity index (χ3n) is 3.23. The molecule has 0 saturated carbocycles. The second kappa shape index (κ2) is 9.27. The fourth-order valence-corrected chi connectivity index (χ4v) is 2.02. The molecular formula is C18H15ClF3NO4. The Morgan fingerprint density at radius 2 is 1.63 bits per heavy atom. The summed E-state index contributed by atoms with van der Waals surface area (Å²) in [7, 11) is 0. The number of hydrogen-bond acceptors (Lipinski definition) is 4. The second-order valence-corrected chi connectivity index (χ2v) is 5.84. The van der Waals surface area contributed by atoms with Crippen molar-refractivity contribution in [3.05, 3.63) is 64.7 Å². The molecule has 0 unspecified atom stereocenters. The fraction of sp³-hybridized carbons (Fsp3) is 0.222. The lowest BCUT2D eigenvalue weighted by Gasteiger charge is -2.09. The average Bonchev–Trinajstić information content (AvgIpc) is 2.64. The van der Waals surface area contributed by atoms with Crippen LogP contribution in [0.2, 0.25) is 5.02 Å². The number of carbonyl (C=O) groups is 2. The lowest BCUT2D eigenvalue weighted by atomic mass is 10.1. The summed E-state index contributed by atoms with van der Waals surface area (Å²) in [5, 5.41) is 2.20. The van der Waals surface area contributed by atoms with Crippen molar-refractivity contribution < 1.29 is 32.2 Å². The molecule has 0 saturated heterocycles. The molecule has 0 aliphatic carbocycles. The summed E-state index contributed by atoms with van der Waals surface area (Å²) in [6.07, 6.45) is -4.52. The molecule has 0 aliphatic rings. The molecule has 0 spiro atoms. The highest BCUT2D eigenvalue weighted by molar-refractivity contribution is 6.30. The molecule has 2 rings (SSSR count). The highest BCUT2D eigenvalue weighted by Gasteiger charge is 2.27. The standard InChI is InChI=1S/C18H15ClF3NO4/c19-14-5-7-15(8-6-14)26-9-12-1-3-13(4-2-12)17(25)27-10-16(24)23-11-18(20,21)22/h1-8H,9-11H2,(H,23,24). The number of rotatable bonds is 7. The van der Waals surface area contributed by atoms with Crippen LogP contribution in [-0.4, -0.2) is 31.2 Å². The van der Waals surface area contributed by atoms with E-state index in [1.165, 1.54) is 12.1 Å². The van der Waals surface area contributed by atoms with Gasteiger partial charge in [0.2, 0.25) is 0 Å². The summed E-state index contributed by atoms with van der Waals surface area (Å²) >= 11 is 5.78. The summed E-state index contributed by atoms with van der Waals surface area (Å²) in [6, 6.07) is 13.0. The predicted octanol–water partition coefficient (Wildman–Crippen LogP) is 3.75. The van der Waals surface area contributed by atoms with E-state index in [0.717, 1.165) is 5.56 Å². The Labute approximate surface area is 158 Å². The Bertz CT molecular complexity index is 777. The maximum Gasteiger partial charge on any atom is 0.405 e. The third kappa shape index (κ3) is 7.57. The lowest BCUT2D eigenvalue weighted by Crippen LogP contribution is -2.36. The molecule has 0 fully saturated rings. The highest BCUT2D eigenvalue weighted by Crippen LogP contribution is 2.17. The van der Waals surface area contributed by atoms with Gasteiger partial charge in [-0.05, 0) is 42.0 Å². The molecule has 1 amide bonds. The van der Waals surface area contributed by atoms with Crippen LogP contribution >= 0.6 is 11.6 Å². The van der Waals surface area contributed by atoms with Crippen molar-refractivity contribution in [2.24, 2.45) is 0 Å². The first-order chi connectivity index (χ1) is 12.7. The average molecular weight is 402 g/mol. The maximum absolute atomic E-state index is 12.0. The second-order valence-electron chi connectivity index (χ2n) is 5.41. The highest BCUT2D eigenvalue weighted by atomic mass is 35.5. The van der Waals surface area contributed by atoms with E-state index in [9.17, 15) is 22.8 Å². The number of ether oxygens (including phenoxy) is 2. The molecule has 2 aromatic carbocycles. The van der Waals surface area contributed by atoms with Gasteiger partial charge in [0.25, 0.3) is 5.91 Å². The van der Waals surface area contributed by atoms with Gasteiger partial charge in [0, 0.05) is 5.02 Å². The number of nitrogens with one attached hydrogen (secondary N) is 1. The number of benzene rings is 2. The van der Waals surface area contributed by atoms with E-state index in [1.54, 1.807) is 41.7 Å². The number of amides is 1. The maximum atomic E-state index is 12.0. The number of halogens is 4. The van der Waals surface area contributed by atoms with E-state index in [-0.39, 0.29) is 12.2 Å². The van der Waals surface area contributed by atoms with Crippen LogP contribution in [0.15, 0.2) is 48.5 Å². The molecule has 0 radical (unpaired) electrons. The van der Waals surface area contributed by atoms with Crippen LogP contribution in [0, 0.1) is 0 Å². The Morgan fingerprint density at radius 1 is 1.00 bits per heavy atom. The lowest BCUT2D eigenvalue weighted by molar-refractivity contribution is -0.140. The van der Waals surface area contributed by atoms with Gasteiger partial charge in [0.15, 0.2) is 6.61 Å². The van der Waals surface area contributed by atoms with Crippen LogP contribution < -0.4 is 10.1 Å². The summed E-state index contributed by atoms with van der Waals surface area (Å²) in [6.45, 7) is -2.02. The van der Waals surface area contributed by atoms with Crippen LogP contribution in [0.4, 0.5) is 13.2 Å². The molecular weight excluding hydrogens is 387 g/mol. The van der Waals surface area contributed by atoms with E-state index in [4.69, 9.17) is 16.3 Å². The van der Waals surface area contributed by atoms with Crippen LogP contribution in [0.5, 0.6) is 5.75 Å². The normalized spacial score (nSPS) is 11.0. The van der Waals surface area contributed by atoms with Crippen molar-refractivity contribution in [3.8, 4) is 5.75 Å². The molecule has 27 heavy (non-hydrogen) atoms. The van der Waals surface area contributed by atoms with Gasteiger partial charge in [-0.1, -0.05) is 23.7 Å². The van der Waals surface area contributed by atoms with Crippen molar-refractivity contribution in [2.45, 2.75) is 12.8 Å². The number of alkyl halides is 3. The first-order valence-corrected chi connectivity index (χ1v) is 8.08.